The number of benzene rings is 3. The molecule has 3 aromatic carbocycles. The zero-order valence-electron chi connectivity index (χ0n) is 27.9. The summed E-state index contributed by atoms with van der Waals surface area (Å²) in [5.74, 6) is 0.217. The molecule has 0 aliphatic carbocycles. The van der Waals surface area contributed by atoms with Crippen molar-refractivity contribution in [1.82, 2.24) is 19.9 Å². The van der Waals surface area contributed by atoms with E-state index in [9.17, 15) is 16.8 Å². The number of piperazine rings is 1. The van der Waals surface area contributed by atoms with Crippen molar-refractivity contribution >= 4 is 54.2 Å². The summed E-state index contributed by atoms with van der Waals surface area (Å²) >= 11 is 1.51. The minimum atomic E-state index is -3.79. The number of anilines is 4. The van der Waals surface area contributed by atoms with Gasteiger partial charge in [-0.1, -0.05) is 44.2 Å². The quantitative estimate of drug-likeness (QED) is 0.152. The highest BCUT2D eigenvalue weighted by Crippen LogP contribution is 2.39. The predicted octanol–water partition coefficient (Wildman–Crippen LogP) is 6.24. The highest BCUT2D eigenvalue weighted by molar-refractivity contribution is 7.92. The van der Waals surface area contributed by atoms with Crippen molar-refractivity contribution in [3.05, 3.63) is 95.9 Å². The molecule has 0 radical (unpaired) electrons. The average Bonchev–Trinajstić information content (AvgIpc) is 3.55. The second-order valence-corrected chi connectivity index (χ2v) is 17.4. The fourth-order valence-electron chi connectivity index (χ4n) is 5.51. The lowest BCUT2D eigenvalue weighted by Crippen LogP contribution is -2.47. The summed E-state index contributed by atoms with van der Waals surface area (Å²) in [6, 6.07) is 21.9. The molecule has 2 N–H and O–H groups in total. The van der Waals surface area contributed by atoms with Crippen LogP contribution in [0.3, 0.4) is 0 Å². The number of hydrogen-bond acceptors (Lipinski definition) is 11. The molecule has 1 aliphatic rings. The Morgan fingerprint density at radius 2 is 1.64 bits per heavy atom. The van der Waals surface area contributed by atoms with Gasteiger partial charge < -0.3 is 10.2 Å². The molecule has 262 valence electrons. The molecule has 5 aromatic rings. The van der Waals surface area contributed by atoms with Gasteiger partial charge in [0.2, 0.25) is 5.95 Å². The molecule has 0 atom stereocenters. The molecule has 0 spiro atoms. The van der Waals surface area contributed by atoms with Gasteiger partial charge in [0.1, 0.15) is 15.7 Å². The Morgan fingerprint density at radius 1 is 0.880 bits per heavy atom. The van der Waals surface area contributed by atoms with Crippen LogP contribution < -0.4 is 14.9 Å². The number of rotatable bonds is 12. The van der Waals surface area contributed by atoms with Crippen LogP contribution in [0.1, 0.15) is 24.8 Å². The van der Waals surface area contributed by atoms with Gasteiger partial charge in [-0.25, -0.2) is 36.2 Å². The summed E-state index contributed by atoms with van der Waals surface area (Å²) in [4.78, 5) is 19.2. The number of hydrogen-bond donors (Lipinski definition) is 2. The first-order chi connectivity index (χ1) is 23.8. The largest absolute Gasteiger partial charge is 0.367 e. The summed E-state index contributed by atoms with van der Waals surface area (Å²) in [6.45, 7) is 6.98. The van der Waals surface area contributed by atoms with E-state index < -0.39 is 19.9 Å². The van der Waals surface area contributed by atoms with Crippen LogP contribution in [0, 0.1) is 5.82 Å². The molecular formula is C35H38FN7O4S3. The number of sulfone groups is 1. The highest BCUT2D eigenvalue weighted by atomic mass is 32.2. The van der Waals surface area contributed by atoms with E-state index in [1.807, 2.05) is 11.0 Å². The standard InChI is InChI=1S/C35H38FN7O4S3/c1-24(2)34-40-32(25-8-7-9-27(22-25)41-50(46,47)28-10-5-4-6-11-28)33(48-34)30-14-15-37-35(39-30)38-26-12-13-29(36)31(23-26)43-18-16-42(17-19-43)20-21-49(3,44)45/h4-15,22-24,41H,16-21H2,1-3H3,(H,37,38,39). The van der Waals surface area contributed by atoms with E-state index in [0.717, 1.165) is 15.4 Å². The van der Waals surface area contributed by atoms with E-state index in [2.05, 4.69) is 33.8 Å². The van der Waals surface area contributed by atoms with Crippen molar-refractivity contribution in [2.45, 2.75) is 24.7 Å². The Kier molecular flexibility index (Phi) is 10.5. The highest BCUT2D eigenvalue weighted by Gasteiger charge is 2.22. The lowest BCUT2D eigenvalue weighted by Gasteiger charge is -2.36. The summed E-state index contributed by atoms with van der Waals surface area (Å²) in [6.07, 6.45) is 2.88. The molecule has 1 saturated heterocycles. The van der Waals surface area contributed by atoms with Gasteiger partial charge in [-0.3, -0.25) is 9.62 Å². The molecule has 50 heavy (non-hydrogen) atoms. The van der Waals surface area contributed by atoms with Crippen molar-refractivity contribution in [2.75, 3.05) is 59.7 Å². The van der Waals surface area contributed by atoms with E-state index in [0.29, 0.717) is 67.1 Å². The van der Waals surface area contributed by atoms with Crippen LogP contribution in [-0.2, 0) is 19.9 Å². The first-order valence-corrected chi connectivity index (χ1v) is 20.4. The molecular weight excluding hydrogens is 698 g/mol. The van der Waals surface area contributed by atoms with Crippen molar-refractivity contribution in [1.29, 1.82) is 0 Å². The molecule has 15 heteroatoms. The molecule has 2 aromatic heterocycles. The maximum atomic E-state index is 15.0. The molecule has 11 nitrogen and oxygen atoms in total. The fraction of sp³-hybridized carbons (Fsp3) is 0.286. The SMILES string of the molecule is CC(C)c1nc(-c2cccc(NS(=O)(=O)c3ccccc3)c2)c(-c2ccnc(Nc3ccc(F)c(N4CCN(CCS(C)(=O)=O)CC4)c3)n2)s1. The van der Waals surface area contributed by atoms with Gasteiger partial charge >= 0.3 is 0 Å². The summed E-state index contributed by atoms with van der Waals surface area (Å²) in [7, 11) is -6.84. The second kappa shape index (κ2) is 14.8. The fourth-order valence-corrected chi connectivity index (χ4v) is 8.23. The van der Waals surface area contributed by atoms with Crippen LogP contribution in [0.4, 0.5) is 27.4 Å². The maximum Gasteiger partial charge on any atom is 0.261 e. The number of nitrogens with zero attached hydrogens (tertiary/aromatic N) is 5. The number of nitrogens with one attached hydrogen (secondary N) is 2. The minimum Gasteiger partial charge on any atom is -0.367 e. The van der Waals surface area contributed by atoms with Gasteiger partial charge in [0, 0.05) is 68.0 Å². The predicted molar refractivity (Wildman–Crippen MR) is 198 cm³/mol. The normalized spacial score (nSPS) is 14.2. The van der Waals surface area contributed by atoms with E-state index in [-0.39, 0.29) is 22.4 Å². The van der Waals surface area contributed by atoms with E-state index in [4.69, 9.17) is 9.97 Å². The van der Waals surface area contributed by atoms with Crippen molar-refractivity contribution in [2.24, 2.45) is 0 Å². The Morgan fingerprint density at radius 3 is 2.36 bits per heavy atom. The number of thiazole rings is 1. The summed E-state index contributed by atoms with van der Waals surface area (Å²) < 4.78 is 66.9. The third kappa shape index (κ3) is 8.64. The van der Waals surface area contributed by atoms with Crippen molar-refractivity contribution in [3.63, 3.8) is 0 Å². The molecule has 6 rings (SSSR count). The van der Waals surface area contributed by atoms with Gasteiger partial charge in [-0.15, -0.1) is 11.3 Å². The Hall–Kier alpha value is -4.44. The zero-order valence-corrected chi connectivity index (χ0v) is 30.3. The average molecular weight is 736 g/mol. The number of aromatic nitrogens is 3. The van der Waals surface area contributed by atoms with Crippen molar-refractivity contribution < 1.29 is 21.2 Å². The van der Waals surface area contributed by atoms with E-state index in [1.54, 1.807) is 72.9 Å². The first kappa shape index (κ1) is 35.4. The van der Waals surface area contributed by atoms with Crippen LogP contribution in [0.15, 0.2) is 90.0 Å². The smallest absolute Gasteiger partial charge is 0.261 e. The maximum absolute atomic E-state index is 15.0. The third-order valence-corrected chi connectivity index (χ3v) is 11.9. The van der Waals surface area contributed by atoms with E-state index >= 15 is 4.39 Å². The van der Waals surface area contributed by atoms with Gasteiger partial charge in [-0.05, 0) is 48.5 Å². The molecule has 3 heterocycles. The molecule has 1 fully saturated rings. The van der Waals surface area contributed by atoms with Gasteiger partial charge in [-0.2, -0.15) is 0 Å². The lowest BCUT2D eigenvalue weighted by atomic mass is 10.1. The Bertz CT molecular complexity index is 2190. The van der Waals surface area contributed by atoms with Crippen LogP contribution in [0.5, 0.6) is 0 Å². The van der Waals surface area contributed by atoms with Crippen LogP contribution in [0.2, 0.25) is 0 Å². The van der Waals surface area contributed by atoms with Gasteiger partial charge in [0.15, 0.2) is 0 Å². The van der Waals surface area contributed by atoms with Crippen molar-refractivity contribution in [3.8, 4) is 21.8 Å². The topological polar surface area (TPSA) is 137 Å². The van der Waals surface area contributed by atoms with Crippen LogP contribution in [-0.4, -0.2) is 81.4 Å². The first-order valence-electron chi connectivity index (χ1n) is 16.1. The molecule has 0 unspecified atom stereocenters. The van der Waals surface area contributed by atoms with Crippen LogP contribution >= 0.6 is 11.3 Å². The number of sulfonamides is 1. The summed E-state index contributed by atoms with van der Waals surface area (Å²) in [5, 5.41) is 4.12. The molecule has 0 bridgehead atoms. The molecule has 0 amide bonds. The Labute approximate surface area is 296 Å². The van der Waals surface area contributed by atoms with Gasteiger partial charge in [0.05, 0.1) is 37.6 Å². The number of halogens is 1. The van der Waals surface area contributed by atoms with Crippen LogP contribution in [0.25, 0.3) is 21.8 Å². The summed E-state index contributed by atoms with van der Waals surface area (Å²) in [5.41, 5.74) is 3.49. The molecule has 1 aliphatic heterocycles. The lowest BCUT2D eigenvalue weighted by molar-refractivity contribution is 0.271. The minimum absolute atomic E-state index is 0.102. The Balaban J connectivity index is 1.23. The third-order valence-electron chi connectivity index (χ3n) is 8.16. The van der Waals surface area contributed by atoms with E-state index in [1.165, 1.54) is 23.7 Å². The second-order valence-electron chi connectivity index (χ2n) is 12.4. The van der Waals surface area contributed by atoms with Gasteiger partial charge in [0.25, 0.3) is 10.0 Å². The molecule has 0 saturated carbocycles. The zero-order chi connectivity index (χ0) is 35.5. The monoisotopic (exact) mass is 735 g/mol.